The highest BCUT2D eigenvalue weighted by molar-refractivity contribution is 9.10. The van der Waals surface area contributed by atoms with Gasteiger partial charge in [-0.05, 0) is 67.1 Å². The van der Waals surface area contributed by atoms with Gasteiger partial charge in [0.25, 0.3) is 0 Å². The third-order valence-electron chi connectivity index (χ3n) is 4.03. The van der Waals surface area contributed by atoms with Crippen LogP contribution in [-0.4, -0.2) is 33.6 Å². The van der Waals surface area contributed by atoms with E-state index in [1.807, 2.05) is 0 Å². The molecule has 1 N–H and O–H groups in total. The number of aromatic nitrogens is 2. The molecule has 1 atom stereocenters. The molecule has 6 heteroatoms. The van der Waals surface area contributed by atoms with Crippen LogP contribution in [0.25, 0.3) is 11.0 Å². The molecule has 3 nitrogen and oxygen atoms in total. The van der Waals surface area contributed by atoms with Crippen LogP contribution in [0, 0.1) is 10.6 Å². The number of nitrogens with zero attached hydrogens (tertiary/aromatic N) is 2. The van der Waals surface area contributed by atoms with E-state index < -0.39 is 0 Å². The first kappa shape index (κ1) is 14.2. The zero-order valence-electron chi connectivity index (χ0n) is 11.3. The molecule has 2 aromatic rings. The molecule has 1 aromatic heterocycles. The van der Waals surface area contributed by atoms with E-state index in [1.54, 1.807) is 6.07 Å². The van der Waals surface area contributed by atoms with Gasteiger partial charge in [-0.3, -0.25) is 4.90 Å². The van der Waals surface area contributed by atoms with Crippen molar-refractivity contribution in [1.82, 2.24) is 14.5 Å². The first-order valence-electron chi connectivity index (χ1n) is 6.88. The summed E-state index contributed by atoms with van der Waals surface area (Å²) in [6, 6.07) is 3.73. The molecule has 0 aliphatic carbocycles. The Bertz CT molecular complexity index is 688. The average molecular weight is 358 g/mol. The number of halogens is 2. The topological polar surface area (TPSA) is 24.0 Å². The summed E-state index contributed by atoms with van der Waals surface area (Å²) in [5.74, 6) is -0.270. The molecule has 1 unspecified atom stereocenters. The van der Waals surface area contributed by atoms with E-state index in [-0.39, 0.29) is 5.82 Å². The summed E-state index contributed by atoms with van der Waals surface area (Å²) >= 11 is 8.63. The fraction of sp³-hybridized carbons (Fsp3) is 0.500. The maximum atomic E-state index is 13.6. The number of hydrogen-bond donors (Lipinski definition) is 1. The lowest BCUT2D eigenvalue weighted by atomic mass is 10.2. The molecular formula is C14H17BrFN3S. The molecule has 0 radical (unpaired) electrons. The number of imidazole rings is 1. The molecule has 1 saturated heterocycles. The molecule has 20 heavy (non-hydrogen) atoms. The van der Waals surface area contributed by atoms with Gasteiger partial charge in [0.15, 0.2) is 4.77 Å². The quantitative estimate of drug-likeness (QED) is 0.836. The first-order chi connectivity index (χ1) is 9.56. The Morgan fingerprint density at radius 2 is 2.10 bits per heavy atom. The van der Waals surface area contributed by atoms with Crippen LogP contribution in [0.3, 0.4) is 0 Å². The minimum atomic E-state index is -0.270. The van der Waals surface area contributed by atoms with Crippen molar-refractivity contribution in [3.8, 4) is 0 Å². The van der Waals surface area contributed by atoms with Crippen molar-refractivity contribution in [1.29, 1.82) is 0 Å². The van der Waals surface area contributed by atoms with Crippen molar-refractivity contribution in [2.75, 3.05) is 13.1 Å². The van der Waals surface area contributed by atoms with E-state index in [2.05, 4.69) is 37.3 Å². The molecule has 1 aliphatic heterocycles. The first-order valence-corrected chi connectivity index (χ1v) is 8.08. The molecule has 0 amide bonds. The van der Waals surface area contributed by atoms with Crippen LogP contribution in [0.4, 0.5) is 4.39 Å². The van der Waals surface area contributed by atoms with E-state index in [0.29, 0.717) is 15.3 Å². The average Bonchev–Trinajstić information content (AvgIpc) is 3.01. The second kappa shape index (κ2) is 5.58. The van der Waals surface area contributed by atoms with Gasteiger partial charge in [0.2, 0.25) is 0 Å². The standard InChI is InChI=1S/C14H17BrFN3S/c1-9(18-4-2-3-5-18)8-19-13-6-10(15)11(16)7-12(13)17-14(19)20/h6-7,9H,2-5,8H2,1H3,(H,17,20). The Kier molecular flexibility index (Phi) is 3.97. The Hall–Kier alpha value is -0.720. The van der Waals surface area contributed by atoms with Gasteiger partial charge in [-0.1, -0.05) is 0 Å². The fourth-order valence-electron chi connectivity index (χ4n) is 2.90. The smallest absolute Gasteiger partial charge is 0.178 e. The van der Waals surface area contributed by atoms with Gasteiger partial charge >= 0.3 is 0 Å². The number of fused-ring (bicyclic) bond motifs is 1. The highest BCUT2D eigenvalue weighted by atomic mass is 79.9. The van der Waals surface area contributed by atoms with Crippen molar-refractivity contribution in [3.05, 3.63) is 27.2 Å². The van der Waals surface area contributed by atoms with Gasteiger partial charge in [-0.15, -0.1) is 0 Å². The Labute approximate surface area is 130 Å². The number of hydrogen-bond acceptors (Lipinski definition) is 2. The van der Waals surface area contributed by atoms with Gasteiger partial charge < -0.3 is 9.55 Å². The summed E-state index contributed by atoms with van der Waals surface area (Å²) in [5.41, 5.74) is 1.71. The zero-order chi connectivity index (χ0) is 14.3. The molecule has 1 aliphatic rings. The number of aromatic amines is 1. The predicted molar refractivity (Wildman–Crippen MR) is 85.0 cm³/mol. The third-order valence-corrected chi connectivity index (χ3v) is 4.96. The molecule has 3 rings (SSSR count). The summed E-state index contributed by atoms with van der Waals surface area (Å²) in [4.78, 5) is 5.57. The monoisotopic (exact) mass is 357 g/mol. The fourth-order valence-corrected chi connectivity index (χ4v) is 3.51. The van der Waals surface area contributed by atoms with E-state index in [4.69, 9.17) is 12.2 Å². The minimum Gasteiger partial charge on any atom is -0.330 e. The van der Waals surface area contributed by atoms with Crippen LogP contribution < -0.4 is 0 Å². The van der Waals surface area contributed by atoms with Crippen LogP contribution in [0.1, 0.15) is 19.8 Å². The van der Waals surface area contributed by atoms with Gasteiger partial charge in [0, 0.05) is 18.7 Å². The summed E-state index contributed by atoms with van der Waals surface area (Å²) in [5, 5.41) is 0. The normalized spacial score (nSPS) is 17.9. The van der Waals surface area contributed by atoms with Crippen LogP contribution in [0.15, 0.2) is 16.6 Å². The van der Waals surface area contributed by atoms with Crippen molar-refractivity contribution in [2.24, 2.45) is 0 Å². The summed E-state index contributed by atoms with van der Waals surface area (Å²) in [6.07, 6.45) is 2.56. The van der Waals surface area contributed by atoms with Gasteiger partial charge in [0.05, 0.1) is 15.5 Å². The predicted octanol–water partition coefficient (Wildman–Crippen LogP) is 4.08. The maximum Gasteiger partial charge on any atom is 0.178 e. The number of H-pyrrole nitrogens is 1. The summed E-state index contributed by atoms with van der Waals surface area (Å²) < 4.78 is 16.8. The molecular weight excluding hydrogens is 341 g/mol. The Morgan fingerprint density at radius 3 is 2.80 bits per heavy atom. The van der Waals surface area contributed by atoms with Crippen molar-refractivity contribution in [3.63, 3.8) is 0 Å². The zero-order valence-corrected chi connectivity index (χ0v) is 13.7. The van der Waals surface area contributed by atoms with Crippen molar-refractivity contribution < 1.29 is 4.39 Å². The molecule has 108 valence electrons. The van der Waals surface area contributed by atoms with E-state index in [1.165, 1.54) is 18.9 Å². The summed E-state index contributed by atoms with van der Waals surface area (Å²) in [6.45, 7) is 5.38. The largest absolute Gasteiger partial charge is 0.330 e. The minimum absolute atomic E-state index is 0.270. The van der Waals surface area contributed by atoms with E-state index in [9.17, 15) is 4.39 Å². The number of benzene rings is 1. The van der Waals surface area contributed by atoms with Gasteiger partial charge in [-0.2, -0.15) is 0 Å². The Balaban J connectivity index is 1.96. The number of nitrogens with one attached hydrogen (secondary N) is 1. The molecule has 0 bridgehead atoms. The second-order valence-corrected chi connectivity index (χ2v) is 6.66. The highest BCUT2D eigenvalue weighted by Crippen LogP contribution is 2.24. The maximum absolute atomic E-state index is 13.6. The molecule has 2 heterocycles. The lowest BCUT2D eigenvalue weighted by Crippen LogP contribution is -2.33. The van der Waals surface area contributed by atoms with E-state index in [0.717, 1.165) is 30.7 Å². The Morgan fingerprint density at radius 1 is 1.40 bits per heavy atom. The SMILES string of the molecule is CC(Cn1c(=S)[nH]c2cc(F)c(Br)cc21)N1CCCC1. The number of rotatable bonds is 3. The second-order valence-electron chi connectivity index (χ2n) is 5.42. The summed E-state index contributed by atoms with van der Waals surface area (Å²) in [7, 11) is 0. The number of likely N-dealkylation sites (tertiary alicyclic amines) is 1. The lowest BCUT2D eigenvalue weighted by molar-refractivity contribution is 0.237. The van der Waals surface area contributed by atoms with E-state index >= 15 is 0 Å². The van der Waals surface area contributed by atoms with Crippen molar-refractivity contribution in [2.45, 2.75) is 32.4 Å². The highest BCUT2D eigenvalue weighted by Gasteiger charge is 2.19. The van der Waals surface area contributed by atoms with Crippen LogP contribution >= 0.6 is 28.1 Å². The molecule has 0 spiro atoms. The van der Waals surface area contributed by atoms with Crippen LogP contribution in [0.2, 0.25) is 0 Å². The lowest BCUT2D eigenvalue weighted by Gasteiger charge is -2.24. The molecule has 0 saturated carbocycles. The van der Waals surface area contributed by atoms with Gasteiger partial charge in [-0.25, -0.2) is 4.39 Å². The third kappa shape index (κ3) is 2.56. The van der Waals surface area contributed by atoms with Crippen LogP contribution in [0.5, 0.6) is 0 Å². The van der Waals surface area contributed by atoms with Crippen molar-refractivity contribution >= 4 is 39.2 Å². The molecule has 1 aromatic carbocycles. The molecule has 1 fully saturated rings. The van der Waals surface area contributed by atoms with Gasteiger partial charge in [0.1, 0.15) is 5.82 Å². The van der Waals surface area contributed by atoms with Crippen LogP contribution in [-0.2, 0) is 6.54 Å².